The first-order chi connectivity index (χ1) is 6.33. The van der Waals surface area contributed by atoms with Crippen LogP contribution in [0.4, 0.5) is 0 Å². The van der Waals surface area contributed by atoms with Gasteiger partial charge in [0.1, 0.15) is 0 Å². The van der Waals surface area contributed by atoms with Crippen molar-refractivity contribution in [3.63, 3.8) is 0 Å². The molecule has 0 aliphatic heterocycles. The molecule has 1 aliphatic carbocycles. The highest BCUT2D eigenvalue weighted by atomic mass is 16.3. The molecule has 1 aliphatic rings. The highest BCUT2D eigenvalue weighted by molar-refractivity contribution is 4.68. The lowest BCUT2D eigenvalue weighted by molar-refractivity contribution is 0.164. The maximum Gasteiger partial charge on any atom is 0.0662 e. The minimum absolute atomic E-state index is 0.149. The second kappa shape index (κ2) is 6.39. The molecule has 0 amide bonds. The minimum Gasteiger partial charge on any atom is -0.392 e. The molecule has 78 valence electrons. The number of rotatable bonds is 5. The molecule has 0 unspecified atom stereocenters. The molecule has 2 heteroatoms. The summed E-state index contributed by atoms with van der Waals surface area (Å²) in [5.74, 6) is 0.873. The molecule has 0 spiro atoms. The molecule has 2 nitrogen and oxygen atoms in total. The fraction of sp³-hybridized carbons (Fsp3) is 1.00. The van der Waals surface area contributed by atoms with Crippen LogP contribution in [0.5, 0.6) is 0 Å². The van der Waals surface area contributed by atoms with Crippen molar-refractivity contribution in [1.82, 2.24) is 5.32 Å². The van der Waals surface area contributed by atoms with Gasteiger partial charge in [0, 0.05) is 6.54 Å². The van der Waals surface area contributed by atoms with E-state index in [0.29, 0.717) is 0 Å². The Bertz CT molecular complexity index is 121. The fourth-order valence-corrected chi connectivity index (χ4v) is 1.99. The Kier molecular flexibility index (Phi) is 5.40. The van der Waals surface area contributed by atoms with Gasteiger partial charge in [0.15, 0.2) is 0 Å². The Hall–Kier alpha value is -0.0800. The van der Waals surface area contributed by atoms with Gasteiger partial charge >= 0.3 is 0 Å². The second-order valence-corrected chi connectivity index (χ2v) is 4.22. The Morgan fingerprint density at radius 2 is 2.00 bits per heavy atom. The van der Waals surface area contributed by atoms with Crippen molar-refractivity contribution in [1.29, 1.82) is 0 Å². The van der Waals surface area contributed by atoms with Crippen LogP contribution >= 0.6 is 0 Å². The summed E-state index contributed by atoms with van der Waals surface area (Å²) in [7, 11) is 0. The molecule has 0 radical (unpaired) electrons. The third-order valence-electron chi connectivity index (χ3n) is 3.01. The SMILES string of the molecule is CC[C@@H](O)CNCC1CCCCC1. The van der Waals surface area contributed by atoms with Crippen LogP contribution in [0.3, 0.4) is 0 Å². The van der Waals surface area contributed by atoms with Crippen molar-refractivity contribution in [2.45, 2.75) is 51.6 Å². The number of aliphatic hydroxyl groups is 1. The van der Waals surface area contributed by atoms with Crippen LogP contribution in [0, 0.1) is 5.92 Å². The number of nitrogens with one attached hydrogen (secondary N) is 1. The first kappa shape index (κ1) is 11.0. The lowest BCUT2D eigenvalue weighted by Gasteiger charge is -2.22. The van der Waals surface area contributed by atoms with Gasteiger partial charge in [-0.05, 0) is 31.7 Å². The van der Waals surface area contributed by atoms with E-state index in [2.05, 4.69) is 5.32 Å². The highest BCUT2D eigenvalue weighted by Gasteiger charge is 2.12. The summed E-state index contributed by atoms with van der Waals surface area (Å²) in [5.41, 5.74) is 0. The van der Waals surface area contributed by atoms with E-state index in [0.717, 1.165) is 25.4 Å². The van der Waals surface area contributed by atoms with Crippen LogP contribution in [0.15, 0.2) is 0 Å². The largest absolute Gasteiger partial charge is 0.392 e. The maximum atomic E-state index is 9.32. The predicted molar refractivity (Wildman–Crippen MR) is 55.7 cm³/mol. The molecule has 0 saturated heterocycles. The van der Waals surface area contributed by atoms with Crippen molar-refractivity contribution in [3.05, 3.63) is 0 Å². The molecule has 0 aromatic carbocycles. The van der Waals surface area contributed by atoms with Gasteiger partial charge in [0.25, 0.3) is 0 Å². The minimum atomic E-state index is -0.149. The molecule has 1 rings (SSSR count). The molecule has 0 bridgehead atoms. The molecule has 1 saturated carbocycles. The van der Waals surface area contributed by atoms with Crippen LogP contribution in [0.25, 0.3) is 0 Å². The van der Waals surface area contributed by atoms with Crippen LogP contribution in [-0.4, -0.2) is 24.3 Å². The van der Waals surface area contributed by atoms with E-state index >= 15 is 0 Å². The Labute approximate surface area is 81.7 Å². The van der Waals surface area contributed by atoms with E-state index in [-0.39, 0.29) is 6.10 Å². The molecule has 1 fully saturated rings. The fourth-order valence-electron chi connectivity index (χ4n) is 1.99. The molecule has 1 atom stereocenters. The topological polar surface area (TPSA) is 32.3 Å². The molecule has 0 heterocycles. The van der Waals surface area contributed by atoms with E-state index in [9.17, 15) is 5.11 Å². The van der Waals surface area contributed by atoms with Crippen LogP contribution in [0.2, 0.25) is 0 Å². The summed E-state index contributed by atoms with van der Waals surface area (Å²) in [6, 6.07) is 0. The van der Waals surface area contributed by atoms with Crippen molar-refractivity contribution >= 4 is 0 Å². The van der Waals surface area contributed by atoms with Crippen molar-refractivity contribution < 1.29 is 5.11 Å². The van der Waals surface area contributed by atoms with Gasteiger partial charge in [0.05, 0.1) is 6.10 Å². The molecular formula is C11H23NO. The number of aliphatic hydroxyl groups excluding tert-OH is 1. The van der Waals surface area contributed by atoms with E-state index < -0.39 is 0 Å². The van der Waals surface area contributed by atoms with Crippen molar-refractivity contribution in [2.75, 3.05) is 13.1 Å². The first-order valence-corrected chi connectivity index (χ1v) is 5.71. The molecule has 13 heavy (non-hydrogen) atoms. The first-order valence-electron chi connectivity index (χ1n) is 5.71. The quantitative estimate of drug-likeness (QED) is 0.686. The van der Waals surface area contributed by atoms with Crippen LogP contribution in [-0.2, 0) is 0 Å². The molecular weight excluding hydrogens is 162 g/mol. The van der Waals surface area contributed by atoms with Gasteiger partial charge in [-0.15, -0.1) is 0 Å². The Balaban J connectivity index is 1.98. The van der Waals surface area contributed by atoms with Gasteiger partial charge in [-0.25, -0.2) is 0 Å². The summed E-state index contributed by atoms with van der Waals surface area (Å²) < 4.78 is 0. The van der Waals surface area contributed by atoms with Crippen LogP contribution in [0.1, 0.15) is 45.4 Å². The summed E-state index contributed by atoms with van der Waals surface area (Å²) in [6.07, 6.45) is 7.71. The average molecular weight is 185 g/mol. The maximum absolute atomic E-state index is 9.32. The Morgan fingerprint density at radius 3 is 2.62 bits per heavy atom. The zero-order chi connectivity index (χ0) is 9.52. The smallest absolute Gasteiger partial charge is 0.0662 e. The Morgan fingerprint density at radius 1 is 1.31 bits per heavy atom. The average Bonchev–Trinajstić information content (AvgIpc) is 2.19. The van der Waals surface area contributed by atoms with Crippen molar-refractivity contribution in [2.24, 2.45) is 5.92 Å². The van der Waals surface area contributed by atoms with Gasteiger partial charge < -0.3 is 10.4 Å². The molecule has 0 aromatic rings. The standard InChI is InChI=1S/C11H23NO/c1-2-11(13)9-12-8-10-6-4-3-5-7-10/h10-13H,2-9H2,1H3/t11-/m1/s1. The number of hydrogen-bond acceptors (Lipinski definition) is 2. The lowest BCUT2D eigenvalue weighted by atomic mass is 9.89. The summed E-state index contributed by atoms with van der Waals surface area (Å²) in [6.45, 7) is 3.90. The molecule has 2 N–H and O–H groups in total. The van der Waals surface area contributed by atoms with E-state index in [1.165, 1.54) is 32.1 Å². The summed E-state index contributed by atoms with van der Waals surface area (Å²) in [4.78, 5) is 0. The van der Waals surface area contributed by atoms with E-state index in [4.69, 9.17) is 0 Å². The normalized spacial score (nSPS) is 21.7. The third-order valence-corrected chi connectivity index (χ3v) is 3.01. The van der Waals surface area contributed by atoms with Crippen molar-refractivity contribution in [3.8, 4) is 0 Å². The highest BCUT2D eigenvalue weighted by Crippen LogP contribution is 2.22. The number of hydrogen-bond donors (Lipinski definition) is 2. The second-order valence-electron chi connectivity index (χ2n) is 4.22. The zero-order valence-corrected chi connectivity index (χ0v) is 8.76. The van der Waals surface area contributed by atoms with Gasteiger partial charge in [-0.3, -0.25) is 0 Å². The van der Waals surface area contributed by atoms with Gasteiger partial charge in [-0.2, -0.15) is 0 Å². The third kappa shape index (κ3) is 4.63. The summed E-state index contributed by atoms with van der Waals surface area (Å²) >= 11 is 0. The predicted octanol–water partition coefficient (Wildman–Crippen LogP) is 1.93. The van der Waals surface area contributed by atoms with Gasteiger partial charge in [0.2, 0.25) is 0 Å². The lowest BCUT2D eigenvalue weighted by Crippen LogP contribution is -2.31. The molecule has 0 aromatic heterocycles. The van der Waals surface area contributed by atoms with Crippen LogP contribution < -0.4 is 5.32 Å². The van der Waals surface area contributed by atoms with E-state index in [1.54, 1.807) is 0 Å². The monoisotopic (exact) mass is 185 g/mol. The van der Waals surface area contributed by atoms with Gasteiger partial charge in [-0.1, -0.05) is 26.2 Å². The summed E-state index contributed by atoms with van der Waals surface area (Å²) in [5, 5.41) is 12.7. The van der Waals surface area contributed by atoms with E-state index in [1.807, 2.05) is 6.92 Å². The zero-order valence-electron chi connectivity index (χ0n) is 8.76.